The van der Waals surface area contributed by atoms with Gasteiger partial charge in [0.05, 0.1) is 0 Å². The molecule has 3 aromatic rings. The third-order valence-corrected chi connectivity index (χ3v) is 4.22. The normalized spacial score (nSPS) is 11.5. The first kappa shape index (κ1) is 15.4. The number of benzene rings is 3. The van der Waals surface area contributed by atoms with Gasteiger partial charge < -0.3 is 0 Å². The molecule has 0 aromatic heterocycles. The minimum Gasteiger partial charge on any atom is -0.297 e. The van der Waals surface area contributed by atoms with E-state index in [2.05, 4.69) is 10.5 Å². The maximum atomic E-state index is 12.0. The van der Waals surface area contributed by atoms with Crippen molar-refractivity contribution in [3.05, 3.63) is 88.9 Å². The number of amides is 1. The Morgan fingerprint density at radius 3 is 1.88 bits per heavy atom. The third kappa shape index (κ3) is 2.99. The van der Waals surface area contributed by atoms with Gasteiger partial charge in [-0.1, -0.05) is 65.3 Å². The standard InChI is InChI=1S/C20H13ClN2O2/c21-13-9-11-14(12-10-13)22-20(24)25-23-19-17-7-3-1-5-15(17)16-6-2-4-8-18(16)19/h1-12H,(H,22,24). The van der Waals surface area contributed by atoms with E-state index in [9.17, 15) is 4.79 Å². The lowest BCUT2D eigenvalue weighted by Crippen LogP contribution is -2.12. The molecule has 0 radical (unpaired) electrons. The molecule has 1 amide bonds. The summed E-state index contributed by atoms with van der Waals surface area (Å²) in [5.74, 6) is 0. The molecule has 4 rings (SSSR count). The van der Waals surface area contributed by atoms with Gasteiger partial charge in [0.2, 0.25) is 0 Å². The number of hydrogen-bond donors (Lipinski definition) is 1. The Hall–Kier alpha value is -3.11. The van der Waals surface area contributed by atoms with Crippen LogP contribution in [-0.4, -0.2) is 11.8 Å². The average molecular weight is 349 g/mol. The number of anilines is 1. The van der Waals surface area contributed by atoms with Crippen molar-refractivity contribution in [1.29, 1.82) is 0 Å². The Kier molecular flexibility index (Phi) is 3.96. The van der Waals surface area contributed by atoms with Crippen LogP contribution in [0.3, 0.4) is 0 Å². The summed E-state index contributed by atoms with van der Waals surface area (Å²) in [6, 6.07) is 22.6. The molecule has 0 atom stereocenters. The highest BCUT2D eigenvalue weighted by molar-refractivity contribution is 6.30. The van der Waals surface area contributed by atoms with E-state index in [4.69, 9.17) is 16.4 Å². The quantitative estimate of drug-likeness (QED) is 0.393. The number of nitrogens with zero attached hydrogens (tertiary/aromatic N) is 1. The molecule has 122 valence electrons. The molecule has 0 saturated carbocycles. The molecule has 0 heterocycles. The van der Waals surface area contributed by atoms with E-state index in [-0.39, 0.29) is 0 Å². The van der Waals surface area contributed by atoms with E-state index in [1.54, 1.807) is 24.3 Å². The van der Waals surface area contributed by atoms with Gasteiger partial charge in [0.15, 0.2) is 0 Å². The Morgan fingerprint density at radius 2 is 1.32 bits per heavy atom. The highest BCUT2D eigenvalue weighted by atomic mass is 35.5. The van der Waals surface area contributed by atoms with Crippen LogP contribution in [-0.2, 0) is 4.84 Å². The number of hydrogen-bond acceptors (Lipinski definition) is 3. The SMILES string of the molecule is O=C(Nc1ccc(Cl)cc1)ON=C1c2ccccc2-c2ccccc21. The van der Waals surface area contributed by atoms with Crippen molar-refractivity contribution in [1.82, 2.24) is 0 Å². The number of oxime groups is 1. The number of carbonyl (C=O) groups excluding carboxylic acids is 1. The van der Waals surface area contributed by atoms with Gasteiger partial charge in [-0.3, -0.25) is 10.2 Å². The molecule has 5 heteroatoms. The second-order valence-corrected chi connectivity index (χ2v) is 5.98. The maximum absolute atomic E-state index is 12.0. The molecule has 0 bridgehead atoms. The van der Waals surface area contributed by atoms with Crippen molar-refractivity contribution in [3.8, 4) is 11.1 Å². The molecular formula is C20H13ClN2O2. The summed E-state index contributed by atoms with van der Waals surface area (Å²) in [5, 5.41) is 7.31. The first-order valence-electron chi connectivity index (χ1n) is 7.73. The van der Waals surface area contributed by atoms with Crippen LogP contribution in [0, 0.1) is 0 Å². The Morgan fingerprint density at radius 1 is 0.800 bits per heavy atom. The summed E-state index contributed by atoms with van der Waals surface area (Å²) >= 11 is 5.83. The number of nitrogens with one attached hydrogen (secondary N) is 1. The largest absolute Gasteiger partial charge is 0.437 e. The molecule has 1 aliphatic carbocycles. The van der Waals surface area contributed by atoms with Crippen molar-refractivity contribution in [2.75, 3.05) is 5.32 Å². The van der Waals surface area contributed by atoms with Gasteiger partial charge in [-0.05, 0) is 35.4 Å². The number of rotatable bonds is 2. The highest BCUT2D eigenvalue weighted by Crippen LogP contribution is 2.36. The monoisotopic (exact) mass is 348 g/mol. The summed E-state index contributed by atoms with van der Waals surface area (Å²) in [4.78, 5) is 17.1. The zero-order valence-corrected chi connectivity index (χ0v) is 13.8. The van der Waals surface area contributed by atoms with Gasteiger partial charge in [0, 0.05) is 21.8 Å². The first-order chi connectivity index (χ1) is 12.2. The molecule has 0 saturated heterocycles. The van der Waals surface area contributed by atoms with Crippen LogP contribution in [0.1, 0.15) is 11.1 Å². The minimum atomic E-state index is -0.656. The van der Waals surface area contributed by atoms with E-state index in [0.29, 0.717) is 16.4 Å². The van der Waals surface area contributed by atoms with E-state index in [1.165, 1.54) is 0 Å². The van der Waals surface area contributed by atoms with Gasteiger partial charge in [-0.2, -0.15) is 0 Å². The highest BCUT2D eigenvalue weighted by Gasteiger charge is 2.24. The first-order valence-corrected chi connectivity index (χ1v) is 8.11. The maximum Gasteiger partial charge on any atom is 0.437 e. The topological polar surface area (TPSA) is 50.7 Å². The van der Waals surface area contributed by atoms with E-state index < -0.39 is 6.09 Å². The van der Waals surface area contributed by atoms with Gasteiger partial charge in [-0.25, -0.2) is 4.79 Å². The number of fused-ring (bicyclic) bond motifs is 3. The average Bonchev–Trinajstić information content (AvgIpc) is 2.96. The van der Waals surface area contributed by atoms with Crippen LogP contribution in [0.25, 0.3) is 11.1 Å². The van der Waals surface area contributed by atoms with Crippen molar-refractivity contribution in [2.24, 2.45) is 5.16 Å². The van der Waals surface area contributed by atoms with Gasteiger partial charge >= 0.3 is 6.09 Å². The van der Waals surface area contributed by atoms with Crippen molar-refractivity contribution in [2.45, 2.75) is 0 Å². The van der Waals surface area contributed by atoms with E-state index in [1.807, 2.05) is 48.5 Å². The third-order valence-electron chi connectivity index (χ3n) is 3.97. The summed E-state index contributed by atoms with van der Waals surface area (Å²) < 4.78 is 0. The van der Waals surface area contributed by atoms with E-state index >= 15 is 0 Å². The molecule has 3 aromatic carbocycles. The van der Waals surface area contributed by atoms with Crippen LogP contribution in [0.5, 0.6) is 0 Å². The molecule has 0 fully saturated rings. The second-order valence-electron chi connectivity index (χ2n) is 5.54. The predicted molar refractivity (Wildman–Crippen MR) is 99.1 cm³/mol. The van der Waals surface area contributed by atoms with Crippen LogP contribution in [0.15, 0.2) is 78.0 Å². The summed E-state index contributed by atoms with van der Waals surface area (Å²) in [6.07, 6.45) is -0.656. The molecule has 1 aliphatic rings. The molecular weight excluding hydrogens is 336 g/mol. The summed E-state index contributed by atoms with van der Waals surface area (Å²) in [7, 11) is 0. The fourth-order valence-electron chi connectivity index (χ4n) is 2.85. The lowest BCUT2D eigenvalue weighted by Gasteiger charge is -2.04. The zero-order valence-electron chi connectivity index (χ0n) is 13.1. The fraction of sp³-hybridized carbons (Fsp3) is 0. The van der Waals surface area contributed by atoms with Crippen LogP contribution >= 0.6 is 11.6 Å². The molecule has 1 N–H and O–H groups in total. The second kappa shape index (κ2) is 6.42. The molecule has 0 spiro atoms. The fourth-order valence-corrected chi connectivity index (χ4v) is 2.98. The molecule has 25 heavy (non-hydrogen) atoms. The van der Waals surface area contributed by atoms with Gasteiger partial charge in [-0.15, -0.1) is 0 Å². The van der Waals surface area contributed by atoms with Gasteiger partial charge in [0.1, 0.15) is 5.71 Å². The number of carbonyl (C=O) groups is 1. The van der Waals surface area contributed by atoms with Crippen molar-refractivity contribution >= 4 is 29.1 Å². The smallest absolute Gasteiger partial charge is 0.297 e. The summed E-state index contributed by atoms with van der Waals surface area (Å²) in [5.41, 5.74) is 5.29. The van der Waals surface area contributed by atoms with Crippen molar-refractivity contribution < 1.29 is 9.63 Å². The molecule has 0 aliphatic heterocycles. The van der Waals surface area contributed by atoms with Crippen LogP contribution in [0.2, 0.25) is 5.02 Å². The molecule has 4 nitrogen and oxygen atoms in total. The lowest BCUT2D eigenvalue weighted by atomic mass is 10.1. The predicted octanol–water partition coefficient (Wildman–Crippen LogP) is 5.32. The number of halogens is 1. The van der Waals surface area contributed by atoms with Crippen LogP contribution < -0.4 is 5.32 Å². The lowest BCUT2D eigenvalue weighted by molar-refractivity contribution is 0.166. The Bertz CT molecular complexity index is 933. The van der Waals surface area contributed by atoms with Crippen LogP contribution in [0.4, 0.5) is 10.5 Å². The summed E-state index contributed by atoms with van der Waals surface area (Å²) in [6.45, 7) is 0. The van der Waals surface area contributed by atoms with Gasteiger partial charge in [0.25, 0.3) is 0 Å². The zero-order chi connectivity index (χ0) is 17.2. The minimum absolute atomic E-state index is 0.585. The Balaban J connectivity index is 1.59. The Labute approximate surface area is 149 Å². The van der Waals surface area contributed by atoms with Crippen molar-refractivity contribution in [3.63, 3.8) is 0 Å². The van der Waals surface area contributed by atoms with E-state index in [0.717, 1.165) is 22.3 Å². The molecule has 0 unspecified atom stereocenters.